The van der Waals surface area contributed by atoms with E-state index in [0.29, 0.717) is 11.5 Å². The fraction of sp³-hybridized carbons (Fsp3) is 0.0714. The first kappa shape index (κ1) is 19.8. The van der Waals surface area contributed by atoms with Crippen LogP contribution in [0.5, 0.6) is 5.75 Å². The minimum absolute atomic E-state index is 0.153. The van der Waals surface area contributed by atoms with E-state index in [1.165, 1.54) is 0 Å². The third-order valence-electron chi connectivity index (χ3n) is 5.58. The molecule has 0 fully saturated rings. The number of ether oxygens (including phenoxy) is 1. The highest BCUT2D eigenvalue weighted by Crippen LogP contribution is 2.30. The van der Waals surface area contributed by atoms with Gasteiger partial charge in [0.2, 0.25) is 0 Å². The molecule has 1 heterocycles. The van der Waals surface area contributed by atoms with Gasteiger partial charge in [-0.2, -0.15) is 0 Å². The van der Waals surface area contributed by atoms with Gasteiger partial charge in [0, 0.05) is 5.56 Å². The van der Waals surface area contributed by atoms with E-state index in [1.807, 2.05) is 85.8 Å². The van der Waals surface area contributed by atoms with Crippen LogP contribution in [0.2, 0.25) is 0 Å². The molecule has 0 spiro atoms. The standard InChI is InChI=1S/C28H22N2O2/c1-19-7-5-11-22(17-19)27-29-26(18-21-10-6-9-20-8-3-4-12-25(20)21)28(31)30(27)23-13-15-24(32-2)16-14-23/h3-18H,1-2H3/b26-18+. The Morgan fingerprint density at radius 3 is 2.41 bits per heavy atom. The number of aliphatic imine (C=N–C) groups is 1. The molecule has 4 nitrogen and oxygen atoms in total. The van der Waals surface area contributed by atoms with Crippen molar-refractivity contribution in [3.05, 3.63) is 113 Å². The first-order valence-corrected chi connectivity index (χ1v) is 10.5. The quantitative estimate of drug-likeness (QED) is 0.382. The second kappa shape index (κ2) is 8.16. The number of amidine groups is 1. The summed E-state index contributed by atoms with van der Waals surface area (Å²) in [6.45, 7) is 2.03. The number of rotatable bonds is 4. The third-order valence-corrected chi connectivity index (χ3v) is 5.58. The number of benzene rings is 4. The van der Waals surface area contributed by atoms with Crippen molar-refractivity contribution in [3.63, 3.8) is 0 Å². The van der Waals surface area contributed by atoms with Gasteiger partial charge in [0.1, 0.15) is 17.3 Å². The zero-order valence-electron chi connectivity index (χ0n) is 17.9. The molecule has 32 heavy (non-hydrogen) atoms. The van der Waals surface area contributed by atoms with E-state index in [4.69, 9.17) is 9.73 Å². The Morgan fingerprint density at radius 2 is 1.62 bits per heavy atom. The molecule has 5 rings (SSSR count). The van der Waals surface area contributed by atoms with Gasteiger partial charge in [0.05, 0.1) is 12.8 Å². The molecule has 1 amide bonds. The summed E-state index contributed by atoms with van der Waals surface area (Å²) in [5, 5.41) is 2.22. The number of anilines is 1. The van der Waals surface area contributed by atoms with Crippen molar-refractivity contribution in [1.82, 2.24) is 0 Å². The maximum absolute atomic E-state index is 13.6. The number of aryl methyl sites for hydroxylation is 1. The summed E-state index contributed by atoms with van der Waals surface area (Å²) in [4.78, 5) is 20.1. The van der Waals surface area contributed by atoms with Crippen molar-refractivity contribution in [2.24, 2.45) is 4.99 Å². The Labute approximate surface area is 187 Å². The molecule has 4 heteroatoms. The fourth-order valence-electron chi connectivity index (χ4n) is 3.99. The first-order chi connectivity index (χ1) is 15.6. The van der Waals surface area contributed by atoms with Crippen LogP contribution in [0.4, 0.5) is 5.69 Å². The Balaban J connectivity index is 1.65. The van der Waals surface area contributed by atoms with Crippen LogP contribution in [-0.2, 0) is 4.79 Å². The van der Waals surface area contributed by atoms with Gasteiger partial charge in [-0.15, -0.1) is 0 Å². The van der Waals surface area contributed by atoms with Crippen LogP contribution in [0.25, 0.3) is 16.8 Å². The second-order valence-corrected chi connectivity index (χ2v) is 7.74. The molecule has 156 valence electrons. The van der Waals surface area contributed by atoms with Gasteiger partial charge in [0.15, 0.2) is 0 Å². The molecule has 1 aliphatic rings. The predicted octanol–water partition coefficient (Wildman–Crippen LogP) is 5.99. The zero-order chi connectivity index (χ0) is 22.1. The maximum atomic E-state index is 13.6. The number of nitrogens with zero attached hydrogens (tertiary/aromatic N) is 2. The topological polar surface area (TPSA) is 41.9 Å². The third kappa shape index (κ3) is 3.56. The van der Waals surface area contributed by atoms with Crippen LogP contribution in [0.15, 0.2) is 102 Å². The van der Waals surface area contributed by atoms with Gasteiger partial charge in [-0.25, -0.2) is 4.99 Å². The van der Waals surface area contributed by atoms with Crippen molar-refractivity contribution in [2.75, 3.05) is 12.0 Å². The number of hydrogen-bond acceptors (Lipinski definition) is 3. The Kier molecular flexibility index (Phi) is 5.04. The lowest BCUT2D eigenvalue weighted by atomic mass is 10.0. The molecule has 0 N–H and O–H groups in total. The molecule has 0 radical (unpaired) electrons. The summed E-state index contributed by atoms with van der Waals surface area (Å²) in [6.07, 6.45) is 1.88. The molecular formula is C28H22N2O2. The molecule has 4 aromatic rings. The Bertz CT molecular complexity index is 1380. The molecule has 1 aliphatic heterocycles. The van der Waals surface area contributed by atoms with Gasteiger partial charge >= 0.3 is 0 Å². The summed E-state index contributed by atoms with van der Waals surface area (Å²) in [7, 11) is 1.63. The number of amides is 1. The van der Waals surface area contributed by atoms with Gasteiger partial charge < -0.3 is 4.74 Å². The SMILES string of the molecule is COc1ccc(N2C(=O)/C(=C\c3cccc4ccccc34)N=C2c2cccc(C)c2)cc1. The van der Waals surface area contributed by atoms with E-state index in [-0.39, 0.29) is 5.91 Å². The Morgan fingerprint density at radius 1 is 0.875 bits per heavy atom. The van der Waals surface area contributed by atoms with Crippen molar-refractivity contribution < 1.29 is 9.53 Å². The lowest BCUT2D eigenvalue weighted by molar-refractivity contribution is -0.113. The molecule has 4 aromatic carbocycles. The Hall–Kier alpha value is -4.18. The van der Waals surface area contributed by atoms with Crippen LogP contribution in [0.1, 0.15) is 16.7 Å². The summed E-state index contributed by atoms with van der Waals surface area (Å²) >= 11 is 0. The molecular weight excluding hydrogens is 396 g/mol. The van der Waals surface area contributed by atoms with Crippen LogP contribution in [0.3, 0.4) is 0 Å². The summed E-state index contributed by atoms with van der Waals surface area (Å²) < 4.78 is 5.28. The van der Waals surface area contributed by atoms with E-state index in [1.54, 1.807) is 12.0 Å². The minimum atomic E-state index is -0.153. The highest BCUT2D eigenvalue weighted by atomic mass is 16.5. The largest absolute Gasteiger partial charge is 0.497 e. The van der Waals surface area contributed by atoms with E-state index in [0.717, 1.165) is 38.9 Å². The van der Waals surface area contributed by atoms with Crippen molar-refractivity contribution >= 4 is 34.3 Å². The van der Waals surface area contributed by atoms with Crippen molar-refractivity contribution in [1.29, 1.82) is 0 Å². The molecule has 0 aliphatic carbocycles. The first-order valence-electron chi connectivity index (χ1n) is 10.5. The van der Waals surface area contributed by atoms with Gasteiger partial charge in [-0.05, 0) is 59.7 Å². The van der Waals surface area contributed by atoms with E-state index < -0.39 is 0 Å². The molecule has 0 bridgehead atoms. The number of hydrogen-bond donors (Lipinski definition) is 0. The van der Waals surface area contributed by atoms with Crippen molar-refractivity contribution in [3.8, 4) is 5.75 Å². The average Bonchev–Trinajstić information content (AvgIpc) is 3.15. The number of methoxy groups -OCH3 is 1. The van der Waals surface area contributed by atoms with Crippen LogP contribution in [-0.4, -0.2) is 18.9 Å². The maximum Gasteiger partial charge on any atom is 0.282 e. The highest BCUT2D eigenvalue weighted by Gasteiger charge is 2.32. The van der Waals surface area contributed by atoms with Crippen LogP contribution >= 0.6 is 0 Å². The summed E-state index contributed by atoms with van der Waals surface area (Å²) in [6, 6.07) is 29.7. The lowest BCUT2D eigenvalue weighted by Crippen LogP contribution is -2.32. The summed E-state index contributed by atoms with van der Waals surface area (Å²) in [5.41, 5.74) is 4.13. The second-order valence-electron chi connectivity index (χ2n) is 7.74. The molecule has 0 saturated heterocycles. The van der Waals surface area contributed by atoms with Gasteiger partial charge in [0.25, 0.3) is 5.91 Å². The predicted molar refractivity (Wildman–Crippen MR) is 130 cm³/mol. The normalized spacial score (nSPS) is 14.8. The fourth-order valence-corrected chi connectivity index (χ4v) is 3.99. The molecule has 0 atom stereocenters. The van der Waals surface area contributed by atoms with Crippen molar-refractivity contribution in [2.45, 2.75) is 6.92 Å². The number of carbonyl (C=O) groups excluding carboxylic acids is 1. The van der Waals surface area contributed by atoms with Crippen LogP contribution in [0, 0.1) is 6.92 Å². The lowest BCUT2D eigenvalue weighted by Gasteiger charge is -2.19. The van der Waals surface area contributed by atoms with E-state index in [9.17, 15) is 4.79 Å². The highest BCUT2D eigenvalue weighted by molar-refractivity contribution is 6.33. The minimum Gasteiger partial charge on any atom is -0.497 e. The molecule has 0 aromatic heterocycles. The van der Waals surface area contributed by atoms with E-state index >= 15 is 0 Å². The van der Waals surface area contributed by atoms with Gasteiger partial charge in [-0.1, -0.05) is 66.2 Å². The van der Waals surface area contributed by atoms with Gasteiger partial charge in [-0.3, -0.25) is 9.69 Å². The number of carbonyl (C=O) groups is 1. The van der Waals surface area contributed by atoms with E-state index in [2.05, 4.69) is 18.2 Å². The summed E-state index contributed by atoms with van der Waals surface area (Å²) in [5.74, 6) is 1.20. The molecule has 0 saturated carbocycles. The zero-order valence-corrected chi connectivity index (χ0v) is 17.9. The molecule has 0 unspecified atom stereocenters. The average molecular weight is 418 g/mol. The monoisotopic (exact) mass is 418 g/mol. The van der Waals surface area contributed by atoms with Crippen LogP contribution < -0.4 is 9.64 Å². The number of fused-ring (bicyclic) bond motifs is 1. The smallest absolute Gasteiger partial charge is 0.282 e.